The van der Waals surface area contributed by atoms with Crippen LogP contribution in [0, 0.1) is 11.6 Å². The molecule has 0 heterocycles. The van der Waals surface area contributed by atoms with Crippen molar-refractivity contribution in [3.63, 3.8) is 0 Å². The Hall–Kier alpha value is -1.20. The normalized spacial score (nSPS) is 10.5. The monoisotopic (exact) mass is 342 g/mol. The van der Waals surface area contributed by atoms with E-state index in [4.69, 9.17) is 0 Å². The van der Waals surface area contributed by atoms with Gasteiger partial charge in [0, 0.05) is 10.5 Å². The van der Waals surface area contributed by atoms with Crippen molar-refractivity contribution in [1.29, 1.82) is 0 Å². The second kappa shape index (κ2) is 5.84. The minimum atomic E-state index is -0.741. The minimum absolute atomic E-state index is 0.000276. The van der Waals surface area contributed by atoms with Gasteiger partial charge in [-0.15, -0.1) is 11.8 Å². The molecule has 0 radical (unpaired) electrons. The number of hydrogen-bond acceptors (Lipinski definition) is 2. The van der Waals surface area contributed by atoms with Gasteiger partial charge in [-0.3, -0.25) is 4.79 Å². The molecule has 0 amide bonds. The lowest BCUT2D eigenvalue weighted by Crippen LogP contribution is -2.06. The van der Waals surface area contributed by atoms with Gasteiger partial charge in [0.05, 0.1) is 10.0 Å². The second-order valence-electron chi connectivity index (χ2n) is 3.78. The van der Waals surface area contributed by atoms with Crippen LogP contribution in [-0.2, 0) is 0 Å². The molecule has 0 unspecified atom stereocenters. The molecule has 5 heteroatoms. The third-order valence-electron chi connectivity index (χ3n) is 2.61. The Morgan fingerprint density at radius 2 is 1.79 bits per heavy atom. The Labute approximate surface area is 122 Å². The first kappa shape index (κ1) is 14.2. The number of benzene rings is 2. The summed E-state index contributed by atoms with van der Waals surface area (Å²) in [5, 5.41) is 0. The lowest BCUT2D eigenvalue weighted by molar-refractivity contribution is 0.103. The number of carbonyl (C=O) groups excluding carboxylic acids is 1. The Morgan fingerprint density at radius 3 is 2.47 bits per heavy atom. The van der Waals surface area contributed by atoms with E-state index in [1.807, 2.05) is 6.26 Å². The van der Waals surface area contributed by atoms with Crippen LogP contribution < -0.4 is 0 Å². The van der Waals surface area contributed by atoms with Crippen LogP contribution in [0.2, 0.25) is 0 Å². The van der Waals surface area contributed by atoms with Crippen molar-refractivity contribution in [2.24, 2.45) is 0 Å². The summed E-state index contributed by atoms with van der Waals surface area (Å²) in [4.78, 5) is 13.0. The van der Waals surface area contributed by atoms with Gasteiger partial charge >= 0.3 is 0 Å². The van der Waals surface area contributed by atoms with Gasteiger partial charge in [0.1, 0.15) is 11.6 Å². The summed E-state index contributed by atoms with van der Waals surface area (Å²) in [5.41, 5.74) is 0.109. The van der Waals surface area contributed by atoms with Crippen LogP contribution in [0.3, 0.4) is 0 Å². The zero-order valence-corrected chi connectivity index (χ0v) is 12.3. The molecule has 0 fully saturated rings. The molecule has 0 atom stereocenters. The first-order valence-electron chi connectivity index (χ1n) is 5.37. The molecule has 0 spiro atoms. The van der Waals surface area contributed by atoms with Crippen molar-refractivity contribution in [2.75, 3.05) is 6.26 Å². The van der Waals surface area contributed by atoms with Gasteiger partial charge in [0.15, 0.2) is 5.78 Å². The lowest BCUT2D eigenvalue weighted by Gasteiger charge is -2.08. The van der Waals surface area contributed by atoms with Crippen molar-refractivity contribution in [3.05, 3.63) is 63.6 Å². The van der Waals surface area contributed by atoms with Crippen molar-refractivity contribution < 1.29 is 13.6 Å². The van der Waals surface area contributed by atoms with Crippen molar-refractivity contribution in [3.8, 4) is 0 Å². The largest absolute Gasteiger partial charge is 0.288 e. The molecule has 0 bridgehead atoms. The average Bonchev–Trinajstić information content (AvgIpc) is 2.42. The predicted octanol–water partition coefficient (Wildman–Crippen LogP) is 4.68. The Morgan fingerprint density at radius 1 is 1.11 bits per heavy atom. The van der Waals surface area contributed by atoms with Crippen molar-refractivity contribution in [2.45, 2.75) is 4.90 Å². The highest BCUT2D eigenvalue weighted by molar-refractivity contribution is 9.10. The molecule has 0 saturated heterocycles. The van der Waals surface area contributed by atoms with Gasteiger partial charge in [-0.2, -0.15) is 0 Å². The Kier molecular flexibility index (Phi) is 4.37. The Bertz CT molecular complexity index is 643. The van der Waals surface area contributed by atoms with Crippen LogP contribution in [0.25, 0.3) is 0 Å². The maximum Gasteiger partial charge on any atom is 0.197 e. The van der Waals surface area contributed by atoms with Crippen LogP contribution in [0.1, 0.15) is 15.9 Å². The molecule has 98 valence electrons. The number of carbonyl (C=O) groups is 1. The molecule has 0 aliphatic heterocycles. The predicted molar refractivity (Wildman–Crippen MR) is 75.7 cm³/mol. The molecular weight excluding hydrogens is 334 g/mol. The van der Waals surface area contributed by atoms with E-state index in [9.17, 15) is 13.6 Å². The third kappa shape index (κ3) is 2.87. The van der Waals surface area contributed by atoms with E-state index < -0.39 is 17.4 Å². The summed E-state index contributed by atoms with van der Waals surface area (Å²) in [6.07, 6.45) is 1.82. The van der Waals surface area contributed by atoms with E-state index in [0.717, 1.165) is 17.0 Å². The third-order valence-corrected chi connectivity index (χ3v) is 4.01. The van der Waals surface area contributed by atoms with Crippen LogP contribution in [0.15, 0.2) is 45.8 Å². The lowest BCUT2D eigenvalue weighted by atomic mass is 10.0. The smallest absolute Gasteiger partial charge is 0.197 e. The summed E-state index contributed by atoms with van der Waals surface area (Å²) in [6.45, 7) is 0. The summed E-state index contributed by atoms with van der Waals surface area (Å²) < 4.78 is 27.2. The van der Waals surface area contributed by atoms with Gasteiger partial charge in [0.2, 0.25) is 0 Å². The molecule has 2 aromatic carbocycles. The fourth-order valence-corrected chi connectivity index (χ4v) is 2.58. The highest BCUT2D eigenvalue weighted by atomic mass is 79.9. The SMILES string of the molecule is CSc1ccccc1C(=O)c1cc(F)c(Br)cc1F. The van der Waals surface area contributed by atoms with Crippen LogP contribution >= 0.6 is 27.7 Å². The van der Waals surface area contributed by atoms with Gasteiger partial charge in [-0.25, -0.2) is 8.78 Å². The van der Waals surface area contributed by atoms with E-state index in [-0.39, 0.29) is 10.0 Å². The summed E-state index contributed by atoms with van der Waals surface area (Å²) >= 11 is 4.27. The molecule has 2 aromatic rings. The Balaban J connectivity index is 2.53. The molecule has 0 aliphatic rings. The molecule has 2 rings (SSSR count). The zero-order valence-electron chi connectivity index (χ0n) is 9.91. The summed E-state index contributed by atoms with van der Waals surface area (Å²) in [6, 6.07) is 8.74. The number of ketones is 1. The van der Waals surface area contributed by atoms with Crippen molar-refractivity contribution in [1.82, 2.24) is 0 Å². The minimum Gasteiger partial charge on any atom is -0.288 e. The van der Waals surface area contributed by atoms with E-state index in [0.29, 0.717) is 5.56 Å². The molecule has 19 heavy (non-hydrogen) atoms. The number of thioether (sulfide) groups is 1. The van der Waals surface area contributed by atoms with Crippen LogP contribution in [-0.4, -0.2) is 12.0 Å². The van der Waals surface area contributed by atoms with E-state index in [1.54, 1.807) is 24.3 Å². The molecule has 0 N–H and O–H groups in total. The van der Waals surface area contributed by atoms with Gasteiger partial charge in [-0.1, -0.05) is 12.1 Å². The topological polar surface area (TPSA) is 17.1 Å². The quantitative estimate of drug-likeness (QED) is 0.457. The first-order chi connectivity index (χ1) is 9.04. The highest BCUT2D eigenvalue weighted by Crippen LogP contribution is 2.26. The van der Waals surface area contributed by atoms with Gasteiger partial charge < -0.3 is 0 Å². The number of halogens is 3. The van der Waals surface area contributed by atoms with E-state index in [1.165, 1.54) is 11.8 Å². The maximum atomic E-state index is 13.8. The van der Waals surface area contributed by atoms with Crippen LogP contribution in [0.5, 0.6) is 0 Å². The molecule has 0 aliphatic carbocycles. The fraction of sp³-hybridized carbons (Fsp3) is 0.0714. The summed E-state index contributed by atoms with van der Waals surface area (Å²) in [5.74, 6) is -1.92. The highest BCUT2D eigenvalue weighted by Gasteiger charge is 2.19. The molecule has 0 saturated carbocycles. The summed E-state index contributed by atoms with van der Waals surface area (Å²) in [7, 11) is 0. The van der Waals surface area contributed by atoms with Crippen molar-refractivity contribution >= 4 is 33.5 Å². The number of hydrogen-bond donors (Lipinski definition) is 0. The second-order valence-corrected chi connectivity index (χ2v) is 5.48. The molecule has 0 aromatic heterocycles. The first-order valence-corrected chi connectivity index (χ1v) is 7.38. The fourth-order valence-electron chi connectivity index (χ4n) is 1.67. The van der Waals surface area contributed by atoms with E-state index >= 15 is 0 Å². The zero-order chi connectivity index (χ0) is 14.0. The van der Waals surface area contributed by atoms with E-state index in [2.05, 4.69) is 15.9 Å². The van der Waals surface area contributed by atoms with Crippen LogP contribution in [0.4, 0.5) is 8.78 Å². The molecule has 1 nitrogen and oxygen atoms in total. The van der Waals surface area contributed by atoms with Gasteiger partial charge in [0.25, 0.3) is 0 Å². The molecular formula is C14H9BrF2OS. The maximum absolute atomic E-state index is 13.8. The standard InChI is InChI=1S/C14H9BrF2OS/c1-19-13-5-3-2-4-8(13)14(18)9-6-12(17)10(15)7-11(9)16/h2-7H,1H3. The van der Waals surface area contributed by atoms with Gasteiger partial charge in [-0.05, 0) is 46.5 Å². The number of rotatable bonds is 3. The average molecular weight is 343 g/mol.